The molecular formula is C9H14N4O. The van der Waals surface area contributed by atoms with Crippen molar-refractivity contribution >= 4 is 11.7 Å². The van der Waals surface area contributed by atoms with E-state index in [1.165, 1.54) is 0 Å². The molecule has 2 heterocycles. The Morgan fingerprint density at radius 2 is 2.43 bits per heavy atom. The molecule has 14 heavy (non-hydrogen) atoms. The van der Waals surface area contributed by atoms with Crippen LogP contribution in [0.4, 0.5) is 5.82 Å². The first kappa shape index (κ1) is 9.05. The van der Waals surface area contributed by atoms with Crippen LogP contribution in [-0.2, 0) is 4.79 Å². The molecule has 0 aliphatic carbocycles. The Morgan fingerprint density at radius 3 is 3.14 bits per heavy atom. The number of anilines is 1. The van der Waals surface area contributed by atoms with Gasteiger partial charge in [0.2, 0.25) is 5.91 Å². The highest BCUT2D eigenvalue weighted by atomic mass is 16.2. The monoisotopic (exact) mass is 194 g/mol. The SMILES string of the molecule is Nc1cn(C2CCCCNC2=O)cn1. The van der Waals surface area contributed by atoms with Crippen LogP contribution in [0.1, 0.15) is 25.3 Å². The molecule has 5 heteroatoms. The predicted octanol–water partition coefficient (Wildman–Crippen LogP) is 0.306. The van der Waals surface area contributed by atoms with Gasteiger partial charge in [0.05, 0.1) is 6.33 Å². The molecule has 5 nitrogen and oxygen atoms in total. The van der Waals surface area contributed by atoms with Crippen LogP contribution >= 0.6 is 0 Å². The first-order valence-electron chi connectivity index (χ1n) is 4.84. The lowest BCUT2D eigenvalue weighted by Gasteiger charge is -2.13. The minimum Gasteiger partial charge on any atom is -0.382 e. The molecule has 1 unspecified atom stereocenters. The van der Waals surface area contributed by atoms with Gasteiger partial charge in [0, 0.05) is 12.7 Å². The second kappa shape index (κ2) is 3.69. The standard InChI is InChI=1S/C9H14N4O/c10-8-5-13(6-12-8)7-3-1-2-4-11-9(7)14/h5-7H,1-4,10H2,(H,11,14). The van der Waals surface area contributed by atoms with Crippen molar-refractivity contribution in [3.8, 4) is 0 Å². The van der Waals surface area contributed by atoms with Crippen molar-refractivity contribution in [2.45, 2.75) is 25.3 Å². The van der Waals surface area contributed by atoms with E-state index in [2.05, 4.69) is 10.3 Å². The van der Waals surface area contributed by atoms with Gasteiger partial charge in [-0.2, -0.15) is 0 Å². The third-order valence-electron chi connectivity index (χ3n) is 2.49. The highest BCUT2D eigenvalue weighted by Crippen LogP contribution is 2.18. The minimum absolute atomic E-state index is 0.0694. The molecule has 1 aromatic rings. The molecule has 0 saturated carbocycles. The number of aromatic nitrogens is 2. The Bertz CT molecular complexity index is 333. The van der Waals surface area contributed by atoms with Crippen LogP contribution in [0.3, 0.4) is 0 Å². The minimum atomic E-state index is -0.137. The van der Waals surface area contributed by atoms with Crippen LogP contribution in [0.25, 0.3) is 0 Å². The van der Waals surface area contributed by atoms with Crippen molar-refractivity contribution in [2.24, 2.45) is 0 Å². The van der Waals surface area contributed by atoms with E-state index in [9.17, 15) is 4.79 Å². The molecule has 1 atom stereocenters. The van der Waals surface area contributed by atoms with Crippen LogP contribution in [-0.4, -0.2) is 22.0 Å². The summed E-state index contributed by atoms with van der Waals surface area (Å²) in [6, 6.07) is -0.137. The molecule has 0 radical (unpaired) electrons. The molecule has 1 fully saturated rings. The van der Waals surface area contributed by atoms with Crippen molar-refractivity contribution < 1.29 is 4.79 Å². The maximum absolute atomic E-state index is 11.6. The Balaban J connectivity index is 2.18. The van der Waals surface area contributed by atoms with Crippen molar-refractivity contribution in [3.63, 3.8) is 0 Å². The molecule has 2 rings (SSSR count). The number of nitrogens with one attached hydrogen (secondary N) is 1. The molecule has 0 bridgehead atoms. The number of carbonyl (C=O) groups is 1. The maximum atomic E-state index is 11.6. The topological polar surface area (TPSA) is 72.9 Å². The summed E-state index contributed by atoms with van der Waals surface area (Å²) in [6.07, 6.45) is 6.29. The van der Waals surface area contributed by atoms with E-state index in [1.54, 1.807) is 17.1 Å². The van der Waals surface area contributed by atoms with E-state index < -0.39 is 0 Å². The molecule has 0 spiro atoms. The van der Waals surface area contributed by atoms with Gasteiger partial charge in [0.25, 0.3) is 0 Å². The number of amides is 1. The van der Waals surface area contributed by atoms with Gasteiger partial charge in [-0.25, -0.2) is 4.98 Å². The van der Waals surface area contributed by atoms with Gasteiger partial charge in [0.15, 0.2) is 0 Å². The third kappa shape index (κ3) is 1.71. The second-order valence-electron chi connectivity index (χ2n) is 3.55. The number of hydrogen-bond acceptors (Lipinski definition) is 3. The molecule has 1 amide bonds. The van der Waals surface area contributed by atoms with Crippen molar-refractivity contribution in [1.29, 1.82) is 0 Å². The Kier molecular flexibility index (Phi) is 2.39. The predicted molar refractivity (Wildman–Crippen MR) is 52.5 cm³/mol. The normalized spacial score (nSPS) is 22.9. The van der Waals surface area contributed by atoms with Crippen LogP contribution in [0.15, 0.2) is 12.5 Å². The van der Waals surface area contributed by atoms with E-state index in [0.29, 0.717) is 5.82 Å². The molecule has 1 aromatic heterocycles. The Morgan fingerprint density at radius 1 is 1.57 bits per heavy atom. The van der Waals surface area contributed by atoms with E-state index in [0.717, 1.165) is 25.8 Å². The summed E-state index contributed by atoms with van der Waals surface area (Å²) in [7, 11) is 0. The quantitative estimate of drug-likeness (QED) is 0.675. The fourth-order valence-corrected chi connectivity index (χ4v) is 1.73. The van der Waals surface area contributed by atoms with Crippen LogP contribution in [0, 0.1) is 0 Å². The van der Waals surface area contributed by atoms with Crippen LogP contribution in [0.2, 0.25) is 0 Å². The summed E-state index contributed by atoms with van der Waals surface area (Å²) in [5, 5.41) is 2.87. The first-order chi connectivity index (χ1) is 6.77. The van der Waals surface area contributed by atoms with Crippen molar-refractivity contribution in [3.05, 3.63) is 12.5 Å². The molecule has 1 aliphatic rings. The van der Waals surface area contributed by atoms with Gasteiger partial charge in [-0.15, -0.1) is 0 Å². The van der Waals surface area contributed by atoms with Crippen molar-refractivity contribution in [1.82, 2.24) is 14.9 Å². The highest BCUT2D eigenvalue weighted by molar-refractivity contribution is 5.80. The third-order valence-corrected chi connectivity index (χ3v) is 2.49. The van der Waals surface area contributed by atoms with E-state index in [4.69, 9.17) is 5.73 Å². The lowest BCUT2D eigenvalue weighted by atomic mass is 10.1. The van der Waals surface area contributed by atoms with E-state index in [-0.39, 0.29) is 11.9 Å². The molecule has 76 valence electrons. The zero-order chi connectivity index (χ0) is 9.97. The van der Waals surface area contributed by atoms with Crippen LogP contribution < -0.4 is 11.1 Å². The number of nitrogens with zero attached hydrogens (tertiary/aromatic N) is 2. The van der Waals surface area contributed by atoms with Gasteiger partial charge in [0.1, 0.15) is 11.9 Å². The average Bonchev–Trinajstić information content (AvgIpc) is 2.46. The number of nitrogens with two attached hydrogens (primary N) is 1. The second-order valence-corrected chi connectivity index (χ2v) is 3.55. The van der Waals surface area contributed by atoms with Crippen LogP contribution in [0.5, 0.6) is 0 Å². The van der Waals surface area contributed by atoms with E-state index >= 15 is 0 Å². The number of carbonyl (C=O) groups excluding carboxylic acids is 1. The van der Waals surface area contributed by atoms with Gasteiger partial charge >= 0.3 is 0 Å². The van der Waals surface area contributed by atoms with Gasteiger partial charge < -0.3 is 15.6 Å². The summed E-state index contributed by atoms with van der Waals surface area (Å²) in [6.45, 7) is 0.777. The fourth-order valence-electron chi connectivity index (χ4n) is 1.73. The first-order valence-corrected chi connectivity index (χ1v) is 4.84. The number of imidazole rings is 1. The Hall–Kier alpha value is -1.52. The summed E-state index contributed by atoms with van der Waals surface area (Å²) < 4.78 is 1.79. The van der Waals surface area contributed by atoms with Gasteiger partial charge in [-0.1, -0.05) is 0 Å². The number of nitrogen functional groups attached to an aromatic ring is 1. The smallest absolute Gasteiger partial charge is 0.243 e. The average molecular weight is 194 g/mol. The molecule has 0 aromatic carbocycles. The summed E-state index contributed by atoms with van der Waals surface area (Å²) in [5.41, 5.74) is 5.51. The van der Waals surface area contributed by atoms with Crippen molar-refractivity contribution in [2.75, 3.05) is 12.3 Å². The summed E-state index contributed by atoms with van der Waals surface area (Å²) in [4.78, 5) is 15.5. The highest BCUT2D eigenvalue weighted by Gasteiger charge is 2.21. The fraction of sp³-hybridized carbons (Fsp3) is 0.556. The molecule has 3 N–H and O–H groups in total. The lowest BCUT2D eigenvalue weighted by molar-refractivity contribution is -0.124. The number of rotatable bonds is 1. The van der Waals surface area contributed by atoms with Gasteiger partial charge in [-0.05, 0) is 19.3 Å². The lowest BCUT2D eigenvalue weighted by Crippen LogP contribution is -2.30. The molecule has 1 aliphatic heterocycles. The zero-order valence-electron chi connectivity index (χ0n) is 7.94. The molecular weight excluding hydrogens is 180 g/mol. The van der Waals surface area contributed by atoms with Gasteiger partial charge in [-0.3, -0.25) is 4.79 Å². The zero-order valence-corrected chi connectivity index (χ0v) is 7.94. The van der Waals surface area contributed by atoms with E-state index in [1.807, 2.05) is 0 Å². The summed E-state index contributed by atoms with van der Waals surface area (Å²) >= 11 is 0. The maximum Gasteiger partial charge on any atom is 0.243 e. The Labute approximate surface area is 82.3 Å². The molecule has 1 saturated heterocycles. The largest absolute Gasteiger partial charge is 0.382 e. The summed E-state index contributed by atoms with van der Waals surface area (Å²) in [5.74, 6) is 0.530. The number of hydrogen-bond donors (Lipinski definition) is 2.